The van der Waals surface area contributed by atoms with Crippen molar-refractivity contribution in [2.24, 2.45) is 0 Å². The van der Waals surface area contributed by atoms with Gasteiger partial charge in [0.25, 0.3) is 0 Å². The number of aromatic nitrogens is 2. The van der Waals surface area contributed by atoms with E-state index in [9.17, 15) is 26.3 Å². The van der Waals surface area contributed by atoms with Crippen LogP contribution in [0.2, 0.25) is 0 Å². The maximum absolute atomic E-state index is 13.3. The lowest BCUT2D eigenvalue weighted by Crippen LogP contribution is -2.17. The number of nitrogens with zero attached hydrogens (tertiary/aromatic N) is 2. The number of anilines is 3. The minimum absolute atomic E-state index is 0.0211. The second kappa shape index (κ2) is 9.78. The Balaban J connectivity index is 2.04. The molecule has 2 N–H and O–H groups in total. The molecule has 34 heavy (non-hydrogen) atoms. The third kappa shape index (κ3) is 6.52. The Hall–Kier alpha value is -3.50. The lowest BCUT2D eigenvalue weighted by Gasteiger charge is -2.17. The predicted molar refractivity (Wildman–Crippen MR) is 117 cm³/mol. The van der Waals surface area contributed by atoms with Crippen molar-refractivity contribution in [3.05, 3.63) is 59.7 Å². The highest BCUT2D eigenvalue weighted by Gasteiger charge is 2.33. The highest BCUT2D eigenvalue weighted by Crippen LogP contribution is 2.36. The molecular weight excluding hydrogens is 462 g/mol. The normalized spacial score (nSPS) is 12.9. The van der Waals surface area contributed by atoms with Crippen LogP contribution in [-0.2, 0) is 6.18 Å². The monoisotopic (exact) mass is 484 g/mol. The Morgan fingerprint density at radius 3 is 2.32 bits per heavy atom. The fourth-order valence-electron chi connectivity index (χ4n) is 3.11. The molecule has 1 atom stereocenters. The quantitative estimate of drug-likeness (QED) is 0.344. The molecule has 2 aromatic carbocycles. The van der Waals surface area contributed by atoms with Gasteiger partial charge in [-0.3, -0.25) is 0 Å². The number of nitrogens with one attached hydrogen (secondary N) is 2. The van der Waals surface area contributed by atoms with Crippen molar-refractivity contribution in [3.63, 3.8) is 0 Å². The zero-order chi connectivity index (χ0) is 25.1. The van der Waals surface area contributed by atoms with Gasteiger partial charge < -0.3 is 15.4 Å². The van der Waals surface area contributed by atoms with Crippen LogP contribution in [0.3, 0.4) is 0 Å². The second-order valence-corrected chi connectivity index (χ2v) is 7.59. The molecule has 0 saturated heterocycles. The van der Waals surface area contributed by atoms with Gasteiger partial charge in [-0.05, 0) is 50.1 Å². The Morgan fingerprint density at radius 2 is 1.68 bits per heavy atom. The fraction of sp³-hybridized carbons (Fsp3) is 0.304. The van der Waals surface area contributed by atoms with Crippen LogP contribution in [0.25, 0.3) is 11.3 Å². The van der Waals surface area contributed by atoms with E-state index in [1.807, 2.05) is 13.8 Å². The number of alkyl halides is 6. The molecule has 3 rings (SSSR count). The number of halogens is 6. The van der Waals surface area contributed by atoms with Crippen LogP contribution in [0.1, 0.15) is 31.4 Å². The summed E-state index contributed by atoms with van der Waals surface area (Å²) in [5.74, 6) is -0.0928. The van der Waals surface area contributed by atoms with E-state index in [0.29, 0.717) is 5.56 Å². The van der Waals surface area contributed by atoms with Crippen LogP contribution < -0.4 is 15.4 Å². The molecule has 0 saturated carbocycles. The molecule has 0 unspecified atom stereocenters. The Bertz CT molecular complexity index is 1150. The van der Waals surface area contributed by atoms with Crippen LogP contribution in [0.5, 0.6) is 5.75 Å². The Kier molecular flexibility index (Phi) is 7.23. The fourth-order valence-corrected chi connectivity index (χ4v) is 3.11. The van der Waals surface area contributed by atoms with E-state index < -0.39 is 23.9 Å². The van der Waals surface area contributed by atoms with Gasteiger partial charge in [-0.2, -0.15) is 18.2 Å². The highest BCUT2D eigenvalue weighted by molar-refractivity contribution is 5.70. The molecule has 0 bridgehead atoms. The summed E-state index contributed by atoms with van der Waals surface area (Å²) in [7, 11) is 0. The summed E-state index contributed by atoms with van der Waals surface area (Å²) in [6, 6.07) is 10.4. The molecule has 0 aliphatic rings. The molecule has 3 aromatic rings. The molecule has 11 heteroatoms. The minimum atomic E-state index is -4.86. The maximum atomic E-state index is 13.3. The van der Waals surface area contributed by atoms with E-state index in [0.717, 1.165) is 18.6 Å². The Morgan fingerprint density at radius 1 is 0.971 bits per heavy atom. The summed E-state index contributed by atoms with van der Waals surface area (Å²) in [6.07, 6.45) is -8.65. The summed E-state index contributed by atoms with van der Waals surface area (Å²) in [5.41, 5.74) is -0.0715. The number of benzene rings is 2. The molecule has 5 nitrogen and oxygen atoms in total. The lowest BCUT2D eigenvalue weighted by atomic mass is 10.1. The zero-order valence-corrected chi connectivity index (χ0v) is 18.5. The Labute approximate surface area is 192 Å². The molecule has 1 heterocycles. The largest absolute Gasteiger partial charge is 0.573 e. The third-order valence-electron chi connectivity index (χ3n) is 4.98. The summed E-state index contributed by atoms with van der Waals surface area (Å²) >= 11 is 0. The first-order chi connectivity index (χ1) is 15.9. The lowest BCUT2D eigenvalue weighted by molar-refractivity contribution is -0.274. The van der Waals surface area contributed by atoms with Gasteiger partial charge in [-0.25, -0.2) is 4.98 Å². The minimum Gasteiger partial charge on any atom is -0.406 e. The highest BCUT2D eigenvalue weighted by atomic mass is 19.4. The van der Waals surface area contributed by atoms with Gasteiger partial charge in [0.2, 0.25) is 5.95 Å². The van der Waals surface area contributed by atoms with Gasteiger partial charge in [-0.1, -0.05) is 25.1 Å². The van der Waals surface area contributed by atoms with Crippen molar-refractivity contribution in [2.75, 3.05) is 10.6 Å². The van der Waals surface area contributed by atoms with Crippen molar-refractivity contribution in [2.45, 2.75) is 45.8 Å². The van der Waals surface area contributed by atoms with Gasteiger partial charge in [-0.15, -0.1) is 13.2 Å². The van der Waals surface area contributed by atoms with E-state index in [1.165, 1.54) is 43.3 Å². The number of hydrogen-bond donors (Lipinski definition) is 2. The molecule has 0 aliphatic carbocycles. The van der Waals surface area contributed by atoms with E-state index >= 15 is 0 Å². The van der Waals surface area contributed by atoms with E-state index in [2.05, 4.69) is 25.3 Å². The summed E-state index contributed by atoms with van der Waals surface area (Å²) in [5, 5.41) is 5.95. The van der Waals surface area contributed by atoms with Crippen LogP contribution in [-0.4, -0.2) is 22.4 Å². The molecule has 0 fully saturated rings. The molecule has 0 amide bonds. The smallest absolute Gasteiger partial charge is 0.406 e. The van der Waals surface area contributed by atoms with Crippen LogP contribution >= 0.6 is 0 Å². The first-order valence-electron chi connectivity index (χ1n) is 10.3. The van der Waals surface area contributed by atoms with Gasteiger partial charge >= 0.3 is 12.5 Å². The average Bonchev–Trinajstić information content (AvgIpc) is 2.73. The molecular formula is C23H22F6N4O. The summed E-state index contributed by atoms with van der Waals surface area (Å²) < 4.78 is 81.8. The number of hydrogen-bond acceptors (Lipinski definition) is 5. The number of ether oxygens (including phenoxy) is 1. The maximum Gasteiger partial charge on any atom is 0.573 e. The first-order valence-corrected chi connectivity index (χ1v) is 10.3. The summed E-state index contributed by atoms with van der Waals surface area (Å²) in [4.78, 5) is 8.70. The van der Waals surface area contributed by atoms with Crippen LogP contribution in [0.15, 0.2) is 48.5 Å². The zero-order valence-electron chi connectivity index (χ0n) is 18.5. The van der Waals surface area contributed by atoms with Crippen LogP contribution in [0, 0.1) is 6.92 Å². The van der Waals surface area contributed by atoms with Crippen molar-refractivity contribution in [1.82, 2.24) is 9.97 Å². The van der Waals surface area contributed by atoms with Crippen molar-refractivity contribution in [3.8, 4) is 17.0 Å². The van der Waals surface area contributed by atoms with Gasteiger partial charge in [0.15, 0.2) is 0 Å². The molecule has 182 valence electrons. The molecule has 0 aliphatic heterocycles. The van der Waals surface area contributed by atoms with Crippen molar-refractivity contribution >= 4 is 17.5 Å². The first kappa shape index (κ1) is 25.1. The van der Waals surface area contributed by atoms with Gasteiger partial charge in [0, 0.05) is 23.4 Å². The average molecular weight is 484 g/mol. The summed E-state index contributed by atoms with van der Waals surface area (Å²) in [6.45, 7) is 5.16. The third-order valence-corrected chi connectivity index (χ3v) is 4.98. The van der Waals surface area contributed by atoms with E-state index in [-0.39, 0.29) is 34.8 Å². The molecule has 0 radical (unpaired) electrons. The van der Waals surface area contributed by atoms with E-state index in [1.54, 1.807) is 0 Å². The molecule has 1 aromatic heterocycles. The van der Waals surface area contributed by atoms with E-state index in [4.69, 9.17) is 0 Å². The molecule has 0 spiro atoms. The number of rotatable bonds is 7. The van der Waals surface area contributed by atoms with Gasteiger partial charge in [0.05, 0.1) is 11.3 Å². The predicted octanol–water partition coefficient (Wildman–Crippen LogP) is 7.32. The second-order valence-electron chi connectivity index (χ2n) is 7.59. The SMILES string of the molecule is CC[C@@H](C)Nc1nc(Nc2cccc(C(F)(F)F)c2C)cc(-c2cccc(OC(F)(F)F)c2)n1. The van der Waals surface area contributed by atoms with Crippen molar-refractivity contribution in [1.29, 1.82) is 0 Å². The van der Waals surface area contributed by atoms with Gasteiger partial charge in [0.1, 0.15) is 11.6 Å². The standard InChI is InChI=1S/C23H22F6N4O/c1-4-13(2)30-21-32-19(15-7-5-8-16(11-15)34-23(27,28)29)12-20(33-21)31-18-10-6-9-17(14(18)3)22(24,25)26/h5-13H,4H2,1-3H3,(H2,30,31,32,33)/t13-/m1/s1. The topological polar surface area (TPSA) is 59.1 Å². The van der Waals surface area contributed by atoms with Crippen LogP contribution in [0.4, 0.5) is 43.8 Å². The van der Waals surface area contributed by atoms with Crippen molar-refractivity contribution < 1.29 is 31.1 Å².